The van der Waals surface area contributed by atoms with Crippen molar-refractivity contribution in [3.63, 3.8) is 0 Å². The highest BCUT2D eigenvalue weighted by atomic mass is 16.6. The maximum absolute atomic E-state index is 12.9. The van der Waals surface area contributed by atoms with Gasteiger partial charge in [-0.15, -0.1) is 0 Å². The summed E-state index contributed by atoms with van der Waals surface area (Å²) >= 11 is 0. The third-order valence-electron chi connectivity index (χ3n) is 5.58. The predicted octanol–water partition coefficient (Wildman–Crippen LogP) is 2.24. The number of nitro benzene ring substituents is 1. The van der Waals surface area contributed by atoms with Crippen molar-refractivity contribution in [1.82, 2.24) is 4.90 Å². The molecule has 1 saturated heterocycles. The molecule has 8 nitrogen and oxygen atoms in total. The molecule has 1 saturated carbocycles. The average molecular weight is 348 g/mol. The molecule has 0 unspecified atom stereocenters. The fourth-order valence-electron chi connectivity index (χ4n) is 4.17. The van der Waals surface area contributed by atoms with Gasteiger partial charge in [-0.3, -0.25) is 19.7 Å². The number of benzene rings is 1. The molecule has 1 aliphatic heterocycles. The highest BCUT2D eigenvalue weighted by Crippen LogP contribution is 2.49. The minimum Gasteiger partial charge on any atom is -0.496 e. The molecule has 0 bridgehead atoms. The topological polar surface area (TPSA) is 110 Å². The maximum atomic E-state index is 12.9. The number of carbonyl (C=O) groups is 2. The van der Waals surface area contributed by atoms with Crippen molar-refractivity contribution in [2.45, 2.75) is 26.2 Å². The van der Waals surface area contributed by atoms with E-state index in [0.29, 0.717) is 18.5 Å². The molecule has 1 aliphatic carbocycles. The zero-order valence-corrected chi connectivity index (χ0v) is 14.2. The van der Waals surface area contributed by atoms with Gasteiger partial charge >= 0.3 is 5.97 Å². The lowest BCUT2D eigenvalue weighted by atomic mass is 9.81. The second kappa shape index (κ2) is 6.02. The Kier molecular flexibility index (Phi) is 4.14. The van der Waals surface area contributed by atoms with Gasteiger partial charge in [0.2, 0.25) is 0 Å². The van der Waals surface area contributed by atoms with E-state index >= 15 is 0 Å². The molecule has 0 radical (unpaired) electrons. The van der Waals surface area contributed by atoms with Gasteiger partial charge in [-0.05, 0) is 31.7 Å². The van der Waals surface area contributed by atoms with Crippen LogP contribution in [0.1, 0.15) is 35.2 Å². The number of carboxylic acid groups (broad SMARTS) is 1. The molecular weight excluding hydrogens is 328 g/mol. The molecule has 1 heterocycles. The van der Waals surface area contributed by atoms with Crippen molar-refractivity contribution in [3.8, 4) is 5.75 Å². The van der Waals surface area contributed by atoms with Gasteiger partial charge in [-0.2, -0.15) is 0 Å². The normalized spacial score (nSPS) is 24.9. The van der Waals surface area contributed by atoms with Gasteiger partial charge in [-0.25, -0.2) is 0 Å². The molecule has 1 aromatic rings. The standard InChI is InChI=1S/C17H20N2O6/c1-10-13(19(23)24)6-11(7-14(10)25-2)15(20)18-8-12-4-3-5-17(12,9-18)16(21)22/h6-7,12H,3-5,8-9H2,1-2H3,(H,21,22)/t12-,17+/m0/s1. The molecule has 2 atom stereocenters. The number of methoxy groups -OCH3 is 1. The van der Waals surface area contributed by atoms with Crippen LogP contribution in [0, 0.1) is 28.4 Å². The molecule has 0 spiro atoms. The molecule has 1 amide bonds. The summed E-state index contributed by atoms with van der Waals surface area (Å²) in [6, 6.07) is 2.72. The van der Waals surface area contributed by atoms with E-state index < -0.39 is 22.2 Å². The summed E-state index contributed by atoms with van der Waals surface area (Å²) in [6.45, 7) is 2.08. The van der Waals surface area contributed by atoms with Crippen LogP contribution in [-0.2, 0) is 4.79 Å². The van der Waals surface area contributed by atoms with E-state index in [1.165, 1.54) is 24.1 Å². The first-order valence-electron chi connectivity index (χ1n) is 8.16. The number of ether oxygens (including phenoxy) is 1. The lowest BCUT2D eigenvalue weighted by Crippen LogP contribution is -2.37. The third-order valence-corrected chi connectivity index (χ3v) is 5.58. The summed E-state index contributed by atoms with van der Waals surface area (Å²) in [5.74, 6) is -1.05. The monoisotopic (exact) mass is 348 g/mol. The Labute approximate surface area is 144 Å². The number of carbonyl (C=O) groups excluding carboxylic acids is 1. The smallest absolute Gasteiger partial charge is 0.311 e. The van der Waals surface area contributed by atoms with Crippen LogP contribution in [0.15, 0.2) is 12.1 Å². The highest BCUT2D eigenvalue weighted by Gasteiger charge is 2.55. The maximum Gasteiger partial charge on any atom is 0.311 e. The summed E-state index contributed by atoms with van der Waals surface area (Å²) in [6.07, 6.45) is 2.20. The number of hydrogen-bond acceptors (Lipinski definition) is 5. The summed E-state index contributed by atoms with van der Waals surface area (Å²) in [5.41, 5.74) is -0.565. The van der Waals surface area contributed by atoms with Crippen molar-refractivity contribution in [2.75, 3.05) is 20.2 Å². The van der Waals surface area contributed by atoms with E-state index in [1.54, 1.807) is 6.92 Å². The number of carboxylic acids is 1. The Morgan fingerprint density at radius 3 is 2.72 bits per heavy atom. The summed E-state index contributed by atoms with van der Waals surface area (Å²) in [7, 11) is 1.39. The fourth-order valence-corrected chi connectivity index (χ4v) is 4.17. The Hall–Kier alpha value is -2.64. The minimum absolute atomic E-state index is 0.0590. The van der Waals surface area contributed by atoms with E-state index in [4.69, 9.17) is 4.74 Å². The van der Waals surface area contributed by atoms with Gasteiger partial charge in [0.25, 0.3) is 11.6 Å². The second-order valence-corrected chi connectivity index (χ2v) is 6.82. The summed E-state index contributed by atoms with van der Waals surface area (Å²) in [4.78, 5) is 36.8. The Bertz CT molecular complexity index is 762. The molecule has 2 aliphatic rings. The second-order valence-electron chi connectivity index (χ2n) is 6.82. The lowest BCUT2D eigenvalue weighted by molar-refractivity contribution is -0.385. The first-order chi connectivity index (χ1) is 11.8. The summed E-state index contributed by atoms with van der Waals surface area (Å²) < 4.78 is 5.15. The number of hydrogen-bond donors (Lipinski definition) is 1. The number of likely N-dealkylation sites (tertiary alicyclic amines) is 1. The van der Waals surface area contributed by atoms with Crippen LogP contribution in [0.3, 0.4) is 0 Å². The van der Waals surface area contributed by atoms with Gasteiger partial charge < -0.3 is 14.7 Å². The number of aliphatic carboxylic acids is 1. The molecule has 8 heteroatoms. The zero-order valence-electron chi connectivity index (χ0n) is 14.2. The van der Waals surface area contributed by atoms with Crippen molar-refractivity contribution in [3.05, 3.63) is 33.4 Å². The molecular formula is C17H20N2O6. The van der Waals surface area contributed by atoms with Gasteiger partial charge in [0, 0.05) is 19.2 Å². The van der Waals surface area contributed by atoms with Crippen molar-refractivity contribution >= 4 is 17.6 Å². The fraction of sp³-hybridized carbons (Fsp3) is 0.529. The average Bonchev–Trinajstić information content (AvgIpc) is 3.12. The van der Waals surface area contributed by atoms with Crippen LogP contribution in [0.2, 0.25) is 0 Å². The van der Waals surface area contributed by atoms with Crippen molar-refractivity contribution in [1.29, 1.82) is 0 Å². The largest absolute Gasteiger partial charge is 0.496 e. The van der Waals surface area contributed by atoms with Gasteiger partial charge in [0.15, 0.2) is 0 Å². The van der Waals surface area contributed by atoms with Gasteiger partial charge in [0.1, 0.15) is 5.75 Å². The van der Waals surface area contributed by atoms with Crippen LogP contribution >= 0.6 is 0 Å². The number of nitrogens with zero attached hydrogens (tertiary/aromatic N) is 2. The van der Waals surface area contributed by atoms with E-state index in [9.17, 15) is 24.8 Å². The third kappa shape index (κ3) is 2.61. The number of rotatable bonds is 4. The molecule has 3 rings (SSSR count). The van der Waals surface area contributed by atoms with Crippen LogP contribution in [0.25, 0.3) is 0 Å². The molecule has 1 N–H and O–H groups in total. The molecule has 2 fully saturated rings. The van der Waals surface area contributed by atoms with E-state index in [1.807, 2.05) is 0 Å². The predicted molar refractivity (Wildman–Crippen MR) is 87.7 cm³/mol. The Balaban J connectivity index is 1.93. The molecule has 25 heavy (non-hydrogen) atoms. The van der Waals surface area contributed by atoms with Gasteiger partial charge in [0.05, 0.1) is 28.6 Å². The SMILES string of the molecule is COc1cc(C(=O)N2C[C@@H]3CCC[C@@]3(C(=O)O)C2)cc([N+](=O)[O-])c1C. The van der Waals surface area contributed by atoms with E-state index in [0.717, 1.165) is 12.8 Å². The van der Waals surface area contributed by atoms with Crippen LogP contribution in [0.4, 0.5) is 5.69 Å². The first-order valence-corrected chi connectivity index (χ1v) is 8.16. The first kappa shape index (κ1) is 17.2. The van der Waals surface area contributed by atoms with Crippen molar-refractivity contribution in [2.24, 2.45) is 11.3 Å². The zero-order chi connectivity index (χ0) is 18.4. The number of amides is 1. The Morgan fingerprint density at radius 1 is 1.44 bits per heavy atom. The lowest BCUT2D eigenvalue weighted by Gasteiger charge is -2.23. The quantitative estimate of drug-likeness (QED) is 0.660. The number of fused-ring (bicyclic) bond motifs is 1. The van der Waals surface area contributed by atoms with Crippen LogP contribution in [-0.4, -0.2) is 47.0 Å². The van der Waals surface area contributed by atoms with E-state index in [-0.39, 0.29) is 29.5 Å². The molecule has 0 aromatic heterocycles. The van der Waals surface area contributed by atoms with Gasteiger partial charge in [-0.1, -0.05) is 6.42 Å². The highest BCUT2D eigenvalue weighted by molar-refractivity contribution is 5.96. The Morgan fingerprint density at radius 2 is 2.16 bits per heavy atom. The van der Waals surface area contributed by atoms with Crippen LogP contribution in [0.5, 0.6) is 5.75 Å². The minimum atomic E-state index is -0.879. The summed E-state index contributed by atoms with van der Waals surface area (Å²) in [5, 5.41) is 20.9. The van der Waals surface area contributed by atoms with Crippen LogP contribution < -0.4 is 4.74 Å². The molecule has 1 aromatic carbocycles. The van der Waals surface area contributed by atoms with Crippen molar-refractivity contribution < 1.29 is 24.4 Å². The van der Waals surface area contributed by atoms with E-state index in [2.05, 4.69) is 0 Å². The molecule has 134 valence electrons. The number of nitro groups is 1.